The number of nitrogens with one attached hydrogen (secondary N) is 2. The summed E-state index contributed by atoms with van der Waals surface area (Å²) in [6.45, 7) is 3.68. The summed E-state index contributed by atoms with van der Waals surface area (Å²) in [7, 11) is 0. The first-order chi connectivity index (χ1) is 10.8. The lowest BCUT2D eigenvalue weighted by atomic mass is 10.1. The molecule has 2 heterocycles. The summed E-state index contributed by atoms with van der Waals surface area (Å²) >= 11 is 0. The van der Waals surface area contributed by atoms with Crippen LogP contribution in [0.1, 0.15) is 38.2 Å². The number of amides is 1. The molecule has 0 atom stereocenters. The van der Waals surface area contributed by atoms with E-state index in [-0.39, 0.29) is 18.3 Å². The fourth-order valence-corrected chi connectivity index (χ4v) is 3.06. The predicted octanol–water partition coefficient (Wildman–Crippen LogP) is 2.67. The molecule has 2 N–H and O–H groups in total. The van der Waals surface area contributed by atoms with E-state index in [2.05, 4.69) is 28.8 Å². The number of carbonyl (C=O) groups is 1. The molecule has 120 valence electrons. The molecular weight excluding hydrogens is 312 g/mol. The fourth-order valence-electron chi connectivity index (χ4n) is 3.06. The Morgan fingerprint density at radius 3 is 2.70 bits per heavy atom. The lowest BCUT2D eigenvalue weighted by molar-refractivity contribution is 0.0950. The SMILES string of the molecule is Cl.O=C(NCc1ccc2c(c1)CNC2)c1ccc2c(c1)COC2. The van der Waals surface area contributed by atoms with E-state index in [9.17, 15) is 4.79 Å². The highest BCUT2D eigenvalue weighted by atomic mass is 35.5. The van der Waals surface area contributed by atoms with Gasteiger partial charge in [-0.15, -0.1) is 12.4 Å². The van der Waals surface area contributed by atoms with Gasteiger partial charge in [0.2, 0.25) is 0 Å². The van der Waals surface area contributed by atoms with Gasteiger partial charge in [0.1, 0.15) is 0 Å². The number of halogens is 1. The second-order valence-corrected chi connectivity index (χ2v) is 5.87. The Hall–Kier alpha value is -1.88. The molecule has 4 rings (SSSR count). The number of rotatable bonds is 3. The molecule has 0 aliphatic carbocycles. The lowest BCUT2D eigenvalue weighted by Gasteiger charge is -2.08. The second-order valence-electron chi connectivity index (χ2n) is 5.87. The van der Waals surface area contributed by atoms with Gasteiger partial charge < -0.3 is 15.4 Å². The molecule has 0 unspecified atom stereocenters. The zero-order valence-corrected chi connectivity index (χ0v) is 13.5. The molecule has 0 saturated carbocycles. The summed E-state index contributed by atoms with van der Waals surface area (Å²) in [5.74, 6) is -0.0340. The maximum absolute atomic E-state index is 12.3. The van der Waals surface area contributed by atoms with E-state index in [0.717, 1.165) is 24.2 Å². The summed E-state index contributed by atoms with van der Waals surface area (Å²) in [5.41, 5.74) is 6.83. The highest BCUT2D eigenvalue weighted by molar-refractivity contribution is 5.94. The van der Waals surface area contributed by atoms with Crippen LogP contribution in [0.15, 0.2) is 36.4 Å². The first-order valence-electron chi connectivity index (χ1n) is 7.59. The van der Waals surface area contributed by atoms with E-state index in [4.69, 9.17) is 4.74 Å². The van der Waals surface area contributed by atoms with Gasteiger partial charge >= 0.3 is 0 Å². The van der Waals surface area contributed by atoms with Gasteiger partial charge in [0, 0.05) is 25.2 Å². The average molecular weight is 331 g/mol. The second kappa shape index (κ2) is 6.71. The first-order valence-corrected chi connectivity index (χ1v) is 7.59. The summed E-state index contributed by atoms with van der Waals surface area (Å²) in [6, 6.07) is 12.2. The molecule has 2 aliphatic rings. The number of hydrogen-bond donors (Lipinski definition) is 2. The van der Waals surface area contributed by atoms with Crippen LogP contribution in [0.3, 0.4) is 0 Å². The van der Waals surface area contributed by atoms with Gasteiger partial charge in [-0.2, -0.15) is 0 Å². The first kappa shape index (κ1) is 16.0. The van der Waals surface area contributed by atoms with Crippen molar-refractivity contribution in [1.29, 1.82) is 0 Å². The summed E-state index contributed by atoms with van der Waals surface area (Å²) < 4.78 is 5.38. The van der Waals surface area contributed by atoms with Crippen LogP contribution in [0.5, 0.6) is 0 Å². The smallest absolute Gasteiger partial charge is 0.251 e. The molecule has 0 spiro atoms. The zero-order valence-electron chi connectivity index (χ0n) is 12.7. The Labute approximate surface area is 141 Å². The highest BCUT2D eigenvalue weighted by Gasteiger charge is 2.15. The Morgan fingerprint density at radius 2 is 1.78 bits per heavy atom. The third-order valence-corrected chi connectivity index (χ3v) is 4.34. The summed E-state index contributed by atoms with van der Waals surface area (Å²) in [6.07, 6.45) is 0. The van der Waals surface area contributed by atoms with Crippen molar-refractivity contribution in [1.82, 2.24) is 10.6 Å². The molecule has 2 aliphatic heterocycles. The molecule has 1 amide bonds. The number of carbonyl (C=O) groups excluding carboxylic acids is 1. The van der Waals surface area contributed by atoms with E-state index in [1.54, 1.807) is 0 Å². The van der Waals surface area contributed by atoms with Crippen LogP contribution in [-0.2, 0) is 37.6 Å². The average Bonchev–Trinajstić information content (AvgIpc) is 3.19. The Kier molecular flexibility index (Phi) is 4.66. The van der Waals surface area contributed by atoms with E-state index in [1.165, 1.54) is 16.7 Å². The van der Waals surface area contributed by atoms with Crippen molar-refractivity contribution in [3.8, 4) is 0 Å². The third-order valence-electron chi connectivity index (χ3n) is 4.34. The van der Waals surface area contributed by atoms with Crippen LogP contribution < -0.4 is 10.6 Å². The molecule has 0 radical (unpaired) electrons. The molecule has 0 bridgehead atoms. The topological polar surface area (TPSA) is 50.4 Å². The number of benzene rings is 2. The van der Waals surface area contributed by atoms with Gasteiger partial charge in [0.25, 0.3) is 5.91 Å². The quantitative estimate of drug-likeness (QED) is 0.909. The standard InChI is InChI=1S/C18H18N2O2.ClH/c21-18(13-3-4-15-10-22-11-17(15)6-13)20-7-12-1-2-14-8-19-9-16(14)5-12;/h1-6,19H,7-11H2,(H,20,21);1H. The van der Waals surface area contributed by atoms with Gasteiger partial charge in [0.15, 0.2) is 0 Å². The molecule has 23 heavy (non-hydrogen) atoms. The van der Waals surface area contributed by atoms with E-state index in [1.807, 2.05) is 18.2 Å². The van der Waals surface area contributed by atoms with Gasteiger partial charge in [-0.05, 0) is 39.9 Å². The number of hydrogen-bond acceptors (Lipinski definition) is 3. The molecule has 5 heteroatoms. The van der Waals surface area contributed by atoms with Crippen molar-refractivity contribution in [3.63, 3.8) is 0 Å². The van der Waals surface area contributed by atoms with Crippen molar-refractivity contribution in [2.24, 2.45) is 0 Å². The van der Waals surface area contributed by atoms with Crippen molar-refractivity contribution >= 4 is 18.3 Å². The van der Waals surface area contributed by atoms with Gasteiger partial charge in [-0.25, -0.2) is 0 Å². The summed E-state index contributed by atoms with van der Waals surface area (Å²) in [5, 5.41) is 6.33. The molecule has 2 aromatic rings. The molecule has 0 saturated heterocycles. The Bertz CT molecular complexity index is 746. The fraction of sp³-hybridized carbons (Fsp3) is 0.278. The Morgan fingerprint density at radius 1 is 1.00 bits per heavy atom. The van der Waals surface area contributed by atoms with Crippen LogP contribution >= 0.6 is 12.4 Å². The number of ether oxygens (including phenoxy) is 1. The molecule has 4 nitrogen and oxygen atoms in total. The number of fused-ring (bicyclic) bond motifs is 2. The minimum absolute atomic E-state index is 0. The van der Waals surface area contributed by atoms with Crippen LogP contribution in [0.4, 0.5) is 0 Å². The zero-order chi connectivity index (χ0) is 14.9. The largest absolute Gasteiger partial charge is 0.372 e. The minimum atomic E-state index is -0.0340. The highest BCUT2D eigenvalue weighted by Crippen LogP contribution is 2.21. The maximum atomic E-state index is 12.3. The third kappa shape index (κ3) is 3.24. The van der Waals surface area contributed by atoms with E-state index in [0.29, 0.717) is 25.3 Å². The van der Waals surface area contributed by atoms with Crippen molar-refractivity contribution in [2.75, 3.05) is 0 Å². The maximum Gasteiger partial charge on any atom is 0.251 e. The molecular formula is C18H19ClN2O2. The lowest BCUT2D eigenvalue weighted by Crippen LogP contribution is -2.23. The van der Waals surface area contributed by atoms with Gasteiger partial charge in [-0.1, -0.05) is 24.3 Å². The van der Waals surface area contributed by atoms with Crippen LogP contribution in [0.25, 0.3) is 0 Å². The van der Waals surface area contributed by atoms with Gasteiger partial charge in [0.05, 0.1) is 13.2 Å². The Balaban J connectivity index is 0.00000156. The van der Waals surface area contributed by atoms with Crippen molar-refractivity contribution in [2.45, 2.75) is 32.8 Å². The van der Waals surface area contributed by atoms with Crippen molar-refractivity contribution < 1.29 is 9.53 Å². The van der Waals surface area contributed by atoms with Crippen LogP contribution in [0.2, 0.25) is 0 Å². The van der Waals surface area contributed by atoms with E-state index < -0.39 is 0 Å². The monoisotopic (exact) mass is 330 g/mol. The minimum Gasteiger partial charge on any atom is -0.372 e. The molecule has 2 aromatic carbocycles. The molecule has 0 aromatic heterocycles. The van der Waals surface area contributed by atoms with Crippen LogP contribution in [-0.4, -0.2) is 5.91 Å². The predicted molar refractivity (Wildman–Crippen MR) is 90.3 cm³/mol. The normalized spacial score (nSPS) is 14.8. The molecule has 0 fully saturated rings. The summed E-state index contributed by atoms with van der Waals surface area (Å²) in [4.78, 5) is 12.3. The van der Waals surface area contributed by atoms with E-state index >= 15 is 0 Å². The van der Waals surface area contributed by atoms with Gasteiger partial charge in [-0.3, -0.25) is 4.79 Å². The van der Waals surface area contributed by atoms with Crippen molar-refractivity contribution in [3.05, 3.63) is 69.8 Å². The van der Waals surface area contributed by atoms with Crippen LogP contribution in [0, 0.1) is 0 Å².